The fraction of sp³-hybridized carbons (Fsp3) is 0.158. The molecular weight excluding hydrogens is 324 g/mol. The maximum Gasteiger partial charge on any atom is 0.261 e. The van der Waals surface area contributed by atoms with Crippen LogP contribution in [0.1, 0.15) is 17.8 Å². The van der Waals surface area contributed by atoms with Crippen LogP contribution in [0.15, 0.2) is 47.3 Å². The molecule has 0 saturated heterocycles. The Labute approximate surface area is 144 Å². The summed E-state index contributed by atoms with van der Waals surface area (Å²) in [5.41, 5.74) is 2.77. The van der Waals surface area contributed by atoms with Crippen molar-refractivity contribution in [1.82, 2.24) is 9.55 Å². The molecule has 0 fully saturated rings. The molecule has 2 aromatic carbocycles. The van der Waals surface area contributed by atoms with Crippen molar-refractivity contribution in [3.05, 3.63) is 69.2 Å². The third kappa shape index (κ3) is 2.49. The first-order valence-electron chi connectivity index (χ1n) is 7.71. The number of nitrogens with zero attached hydrogens (tertiary/aromatic N) is 2. The summed E-state index contributed by atoms with van der Waals surface area (Å²) in [5, 5.41) is 1.12. The molecule has 0 atom stereocenters. The maximum atomic E-state index is 12.7. The van der Waals surface area contributed by atoms with E-state index in [1.165, 1.54) is 0 Å². The minimum Gasteiger partial charge on any atom is -0.497 e. The molecule has 5 heteroatoms. The van der Waals surface area contributed by atoms with Crippen LogP contribution < -0.4 is 10.3 Å². The van der Waals surface area contributed by atoms with Crippen molar-refractivity contribution in [2.45, 2.75) is 13.0 Å². The Morgan fingerprint density at radius 2 is 2.00 bits per heavy atom. The van der Waals surface area contributed by atoms with E-state index in [2.05, 4.69) is 11.1 Å². The smallest absolute Gasteiger partial charge is 0.261 e. The van der Waals surface area contributed by atoms with Crippen LogP contribution in [-0.2, 0) is 6.54 Å². The molecule has 0 amide bonds. The SMILES string of the molecule is COc1ccc(/C=C2\CCn3c2nc2ccc(Cl)cc2c3=O)cc1. The standard InChI is InChI=1S/C19H15ClN2O2/c1-24-15-5-2-12(3-6-15)10-13-8-9-22-18(13)21-17-7-4-14(20)11-16(17)19(22)23/h2-7,10-11H,8-9H2,1H3/b13-10+. The van der Waals surface area contributed by atoms with Crippen LogP contribution in [0.2, 0.25) is 5.02 Å². The summed E-state index contributed by atoms with van der Waals surface area (Å²) < 4.78 is 6.91. The van der Waals surface area contributed by atoms with Gasteiger partial charge in [0.05, 0.1) is 18.0 Å². The van der Waals surface area contributed by atoms with E-state index >= 15 is 0 Å². The molecule has 1 aliphatic heterocycles. The van der Waals surface area contributed by atoms with E-state index in [1.807, 2.05) is 24.3 Å². The van der Waals surface area contributed by atoms with Gasteiger partial charge in [0, 0.05) is 11.6 Å². The second-order valence-corrected chi connectivity index (χ2v) is 6.18. The number of hydrogen-bond donors (Lipinski definition) is 0. The van der Waals surface area contributed by atoms with E-state index in [1.54, 1.807) is 29.9 Å². The number of methoxy groups -OCH3 is 1. The van der Waals surface area contributed by atoms with Crippen molar-refractivity contribution < 1.29 is 4.74 Å². The number of aromatic nitrogens is 2. The van der Waals surface area contributed by atoms with Crippen LogP contribution in [0, 0.1) is 0 Å². The van der Waals surface area contributed by atoms with Crippen LogP contribution in [-0.4, -0.2) is 16.7 Å². The topological polar surface area (TPSA) is 44.1 Å². The lowest BCUT2D eigenvalue weighted by Gasteiger charge is -2.06. The highest BCUT2D eigenvalue weighted by atomic mass is 35.5. The van der Waals surface area contributed by atoms with Gasteiger partial charge in [0.25, 0.3) is 5.56 Å². The Balaban J connectivity index is 1.83. The molecular formula is C19H15ClN2O2. The van der Waals surface area contributed by atoms with Crippen LogP contribution >= 0.6 is 11.6 Å². The van der Waals surface area contributed by atoms with Crippen LogP contribution in [0.5, 0.6) is 5.75 Å². The van der Waals surface area contributed by atoms with Crippen LogP contribution in [0.3, 0.4) is 0 Å². The van der Waals surface area contributed by atoms with Gasteiger partial charge in [-0.05, 0) is 54.0 Å². The Kier molecular flexibility index (Phi) is 3.62. The summed E-state index contributed by atoms with van der Waals surface area (Å²) in [6, 6.07) is 13.1. The highest BCUT2D eigenvalue weighted by Gasteiger charge is 2.20. The minimum atomic E-state index is -0.0318. The van der Waals surface area contributed by atoms with Gasteiger partial charge in [0.15, 0.2) is 0 Å². The van der Waals surface area contributed by atoms with E-state index in [0.717, 1.165) is 29.1 Å². The van der Waals surface area contributed by atoms with Gasteiger partial charge in [0.2, 0.25) is 0 Å². The molecule has 0 spiro atoms. The van der Waals surface area contributed by atoms with Gasteiger partial charge < -0.3 is 4.74 Å². The number of allylic oxidation sites excluding steroid dienone is 1. The Bertz CT molecular complexity index is 1020. The van der Waals surface area contributed by atoms with E-state index < -0.39 is 0 Å². The number of hydrogen-bond acceptors (Lipinski definition) is 3. The average molecular weight is 339 g/mol. The molecule has 3 aromatic rings. The number of halogens is 1. The van der Waals surface area contributed by atoms with Crippen molar-refractivity contribution in [1.29, 1.82) is 0 Å². The first-order chi connectivity index (χ1) is 11.7. The highest BCUT2D eigenvalue weighted by Crippen LogP contribution is 2.28. The lowest BCUT2D eigenvalue weighted by Crippen LogP contribution is -2.20. The molecule has 2 heterocycles. The minimum absolute atomic E-state index is 0.0318. The summed E-state index contributed by atoms with van der Waals surface area (Å²) in [7, 11) is 1.65. The van der Waals surface area contributed by atoms with Crippen LogP contribution in [0.25, 0.3) is 22.6 Å². The van der Waals surface area contributed by atoms with Gasteiger partial charge in [-0.15, -0.1) is 0 Å². The second-order valence-electron chi connectivity index (χ2n) is 5.75. The zero-order valence-corrected chi connectivity index (χ0v) is 13.9. The molecule has 0 unspecified atom stereocenters. The van der Waals surface area contributed by atoms with Crippen molar-refractivity contribution in [3.63, 3.8) is 0 Å². The fourth-order valence-corrected chi connectivity index (χ4v) is 3.20. The summed E-state index contributed by atoms with van der Waals surface area (Å²) >= 11 is 6.00. The van der Waals surface area contributed by atoms with E-state index in [0.29, 0.717) is 22.5 Å². The third-order valence-electron chi connectivity index (χ3n) is 4.26. The molecule has 1 aliphatic rings. The van der Waals surface area contributed by atoms with Gasteiger partial charge in [-0.3, -0.25) is 9.36 Å². The second kappa shape index (κ2) is 5.80. The first kappa shape index (κ1) is 15.0. The van der Waals surface area contributed by atoms with E-state index in [4.69, 9.17) is 16.3 Å². The van der Waals surface area contributed by atoms with Gasteiger partial charge in [-0.2, -0.15) is 0 Å². The molecule has 0 saturated carbocycles. The predicted molar refractivity (Wildman–Crippen MR) is 96.5 cm³/mol. The summed E-state index contributed by atoms with van der Waals surface area (Å²) in [5.74, 6) is 1.56. The molecule has 4 nitrogen and oxygen atoms in total. The maximum absolute atomic E-state index is 12.7. The molecule has 0 N–H and O–H groups in total. The van der Waals surface area contributed by atoms with E-state index in [-0.39, 0.29) is 5.56 Å². The molecule has 24 heavy (non-hydrogen) atoms. The molecule has 0 radical (unpaired) electrons. The largest absolute Gasteiger partial charge is 0.497 e. The summed E-state index contributed by atoms with van der Waals surface area (Å²) in [6.45, 7) is 0.644. The fourth-order valence-electron chi connectivity index (χ4n) is 3.03. The normalized spacial score (nSPS) is 15.0. The lowest BCUT2D eigenvalue weighted by molar-refractivity contribution is 0.415. The van der Waals surface area contributed by atoms with E-state index in [9.17, 15) is 4.79 Å². The number of ether oxygens (including phenoxy) is 1. The molecule has 4 rings (SSSR count). The first-order valence-corrected chi connectivity index (χ1v) is 8.08. The van der Waals surface area contributed by atoms with Gasteiger partial charge in [0.1, 0.15) is 11.6 Å². The third-order valence-corrected chi connectivity index (χ3v) is 4.50. The summed E-state index contributed by atoms with van der Waals surface area (Å²) in [6.07, 6.45) is 2.87. The summed E-state index contributed by atoms with van der Waals surface area (Å²) in [4.78, 5) is 17.4. The number of rotatable bonds is 2. The van der Waals surface area contributed by atoms with Crippen molar-refractivity contribution in [2.75, 3.05) is 7.11 Å². The van der Waals surface area contributed by atoms with Crippen molar-refractivity contribution in [3.8, 4) is 5.75 Å². The lowest BCUT2D eigenvalue weighted by atomic mass is 10.1. The highest BCUT2D eigenvalue weighted by molar-refractivity contribution is 6.31. The molecule has 0 bridgehead atoms. The molecule has 120 valence electrons. The average Bonchev–Trinajstić information content (AvgIpc) is 2.99. The zero-order valence-electron chi connectivity index (χ0n) is 13.1. The Hall–Kier alpha value is -2.59. The van der Waals surface area contributed by atoms with Gasteiger partial charge in [-0.25, -0.2) is 4.98 Å². The number of benzene rings is 2. The predicted octanol–water partition coefficient (Wildman–Crippen LogP) is 4.00. The monoisotopic (exact) mass is 338 g/mol. The van der Waals surface area contributed by atoms with Gasteiger partial charge >= 0.3 is 0 Å². The zero-order chi connectivity index (χ0) is 16.7. The Morgan fingerprint density at radius 1 is 1.21 bits per heavy atom. The Morgan fingerprint density at radius 3 is 2.75 bits per heavy atom. The van der Waals surface area contributed by atoms with Crippen molar-refractivity contribution >= 4 is 34.2 Å². The van der Waals surface area contributed by atoms with Crippen LogP contribution in [0.4, 0.5) is 0 Å². The van der Waals surface area contributed by atoms with Gasteiger partial charge in [-0.1, -0.05) is 23.7 Å². The molecule has 1 aromatic heterocycles. The molecule has 0 aliphatic carbocycles. The number of fused-ring (bicyclic) bond motifs is 2. The quantitative estimate of drug-likeness (QED) is 0.709. The van der Waals surface area contributed by atoms with Crippen molar-refractivity contribution in [2.24, 2.45) is 0 Å².